The average Bonchev–Trinajstić information content (AvgIpc) is 3.42. The average molecular weight is 557 g/mol. The van der Waals surface area contributed by atoms with Crippen LogP contribution in [0.4, 0.5) is 39.5 Å². The van der Waals surface area contributed by atoms with Gasteiger partial charge in [-0.3, -0.25) is 4.79 Å². The predicted octanol–water partition coefficient (Wildman–Crippen LogP) is 3.82. The molecule has 1 saturated carbocycles. The highest BCUT2D eigenvalue weighted by Crippen LogP contribution is 2.59. The number of alkyl halides is 9. The second kappa shape index (κ2) is 8.69. The molecule has 0 radical (unpaired) electrons. The summed E-state index contributed by atoms with van der Waals surface area (Å²) in [5.74, 6) is -4.51. The Hall–Kier alpha value is -2.72. The maximum Gasteiger partial charge on any atom is 0.422 e. The van der Waals surface area contributed by atoms with Crippen LogP contribution >= 0.6 is 0 Å². The maximum atomic E-state index is 13.6. The zero-order valence-electron chi connectivity index (χ0n) is 17.7. The van der Waals surface area contributed by atoms with E-state index >= 15 is 0 Å². The summed E-state index contributed by atoms with van der Waals surface area (Å²) < 4.78 is 148. The van der Waals surface area contributed by atoms with E-state index in [1.165, 1.54) is 0 Å². The fourth-order valence-corrected chi connectivity index (χ4v) is 5.80. The molecule has 1 heterocycles. The van der Waals surface area contributed by atoms with Crippen molar-refractivity contribution >= 4 is 21.7 Å². The van der Waals surface area contributed by atoms with Gasteiger partial charge in [0.1, 0.15) is 17.2 Å². The Kier molecular flexibility index (Phi) is 6.73. The molecule has 1 saturated heterocycles. The first kappa shape index (κ1) is 27.9. The number of likely N-dealkylation sites (tertiary alicyclic amines) is 1. The van der Waals surface area contributed by atoms with E-state index in [1.807, 2.05) is 0 Å². The van der Waals surface area contributed by atoms with Crippen LogP contribution in [0.5, 0.6) is 5.75 Å². The minimum atomic E-state index is -5.42. The number of sulfone groups is 1. The van der Waals surface area contributed by atoms with Crippen molar-refractivity contribution in [2.45, 2.75) is 54.0 Å². The highest BCUT2D eigenvalue weighted by Gasteiger charge is 2.70. The molecule has 2 fully saturated rings. The molecule has 2 atom stereocenters. The number of benzene rings is 1. The summed E-state index contributed by atoms with van der Waals surface area (Å²) in [5, 5.41) is 7.33. The third kappa shape index (κ3) is 5.20. The van der Waals surface area contributed by atoms with Gasteiger partial charge >= 0.3 is 24.5 Å². The van der Waals surface area contributed by atoms with Gasteiger partial charge in [0.2, 0.25) is 5.91 Å². The Morgan fingerprint density at radius 2 is 1.64 bits per heavy atom. The van der Waals surface area contributed by atoms with Crippen molar-refractivity contribution in [1.29, 1.82) is 0 Å². The third-order valence-electron chi connectivity index (χ3n) is 5.91. The lowest BCUT2D eigenvalue weighted by Gasteiger charge is -2.28. The number of hydrogen-bond donors (Lipinski definition) is 1. The molecular formula is C19H16F9NO6S. The molecule has 7 nitrogen and oxygen atoms in total. The van der Waals surface area contributed by atoms with Crippen molar-refractivity contribution in [3.63, 3.8) is 0 Å². The number of amides is 1. The summed E-state index contributed by atoms with van der Waals surface area (Å²) in [6, 6.07) is -1.22. The van der Waals surface area contributed by atoms with E-state index in [9.17, 15) is 62.6 Å². The molecule has 1 N–H and O–H groups in total. The molecule has 2 aliphatic rings. The molecule has 1 aliphatic carbocycles. The molecule has 0 spiro atoms. The monoisotopic (exact) mass is 557 g/mol. The van der Waals surface area contributed by atoms with Gasteiger partial charge < -0.3 is 14.7 Å². The molecular weight excluding hydrogens is 541 g/mol. The van der Waals surface area contributed by atoms with E-state index in [1.54, 1.807) is 0 Å². The van der Waals surface area contributed by atoms with Crippen molar-refractivity contribution in [3.8, 4) is 5.75 Å². The van der Waals surface area contributed by atoms with Gasteiger partial charge in [-0.25, -0.2) is 13.2 Å². The van der Waals surface area contributed by atoms with Crippen LogP contribution in [-0.2, 0) is 25.6 Å². The number of rotatable bonds is 6. The van der Waals surface area contributed by atoms with E-state index in [0.29, 0.717) is 12.1 Å². The van der Waals surface area contributed by atoms with Crippen LogP contribution in [0.25, 0.3) is 0 Å². The summed E-state index contributed by atoms with van der Waals surface area (Å²) in [5.41, 5.74) is -4.82. The van der Waals surface area contributed by atoms with Crippen LogP contribution in [0.2, 0.25) is 0 Å². The van der Waals surface area contributed by atoms with E-state index < -0.39 is 106 Å². The first-order valence-corrected chi connectivity index (χ1v) is 11.5. The maximum absolute atomic E-state index is 13.6. The second-order valence-electron chi connectivity index (χ2n) is 8.35. The Labute approximate surface area is 196 Å². The minimum absolute atomic E-state index is 0.00795. The largest absolute Gasteiger partial charge is 0.484 e. The molecule has 0 unspecified atom stereocenters. The Morgan fingerprint density at radius 1 is 1.06 bits per heavy atom. The zero-order valence-corrected chi connectivity index (χ0v) is 18.5. The lowest BCUT2D eigenvalue weighted by atomic mass is 10.0. The molecule has 0 bridgehead atoms. The SMILES string of the molecule is O=C(O)[C@@H]1C[C@@H](S(=O)(=O)c2ccc(OCC(F)(F)F)cc2C(F)(F)F)CN1C(=O)C1(C(F)(F)F)CC1. The normalized spacial score (nSPS) is 22.4. The number of halogens is 9. The van der Waals surface area contributed by atoms with E-state index in [0.717, 1.165) is 0 Å². The van der Waals surface area contributed by atoms with Crippen LogP contribution in [0.3, 0.4) is 0 Å². The second-order valence-corrected chi connectivity index (χ2v) is 10.6. The zero-order chi connectivity index (χ0) is 27.5. The molecule has 17 heteroatoms. The summed E-state index contributed by atoms with van der Waals surface area (Å²) in [6.07, 6.45) is -17.7. The fourth-order valence-electron chi connectivity index (χ4n) is 3.91. The van der Waals surface area contributed by atoms with Gasteiger partial charge in [0, 0.05) is 6.54 Å². The summed E-state index contributed by atoms with van der Waals surface area (Å²) in [4.78, 5) is 22.9. The Morgan fingerprint density at radius 3 is 2.08 bits per heavy atom. The molecule has 1 aliphatic heterocycles. The van der Waals surface area contributed by atoms with E-state index in [-0.39, 0.29) is 11.0 Å². The topological polar surface area (TPSA) is 101 Å². The number of carbonyl (C=O) groups excluding carboxylic acids is 1. The molecule has 202 valence electrons. The van der Waals surface area contributed by atoms with Crippen LogP contribution in [0.15, 0.2) is 23.1 Å². The molecule has 1 aromatic carbocycles. The molecule has 36 heavy (non-hydrogen) atoms. The summed E-state index contributed by atoms with van der Waals surface area (Å²) in [7, 11) is -5.14. The van der Waals surface area contributed by atoms with Crippen molar-refractivity contribution in [3.05, 3.63) is 23.8 Å². The lowest BCUT2D eigenvalue weighted by Crippen LogP contribution is -2.48. The molecule has 1 aromatic rings. The fraction of sp³-hybridized carbons (Fsp3) is 0.579. The minimum Gasteiger partial charge on any atom is -0.484 e. The van der Waals surface area contributed by atoms with Crippen molar-refractivity contribution < 1.29 is 67.4 Å². The van der Waals surface area contributed by atoms with Gasteiger partial charge in [-0.05, 0) is 37.5 Å². The van der Waals surface area contributed by atoms with Gasteiger partial charge in [0.25, 0.3) is 0 Å². The van der Waals surface area contributed by atoms with Crippen molar-refractivity contribution in [2.75, 3.05) is 13.2 Å². The summed E-state index contributed by atoms with van der Waals surface area (Å²) in [6.45, 7) is -3.10. The third-order valence-corrected chi connectivity index (χ3v) is 8.10. The van der Waals surface area contributed by atoms with Gasteiger partial charge in [0.15, 0.2) is 16.4 Å². The van der Waals surface area contributed by atoms with E-state index in [4.69, 9.17) is 0 Å². The Balaban J connectivity index is 1.97. The van der Waals surface area contributed by atoms with Crippen LogP contribution in [0, 0.1) is 5.41 Å². The number of carboxylic acid groups (broad SMARTS) is 1. The number of aliphatic carboxylic acids is 1. The molecule has 1 amide bonds. The summed E-state index contributed by atoms with van der Waals surface area (Å²) >= 11 is 0. The van der Waals surface area contributed by atoms with Crippen LogP contribution in [0.1, 0.15) is 24.8 Å². The first-order valence-electron chi connectivity index (χ1n) is 9.96. The van der Waals surface area contributed by atoms with Crippen LogP contribution in [-0.4, -0.2) is 67.1 Å². The molecule has 0 aromatic heterocycles. The van der Waals surface area contributed by atoms with Crippen molar-refractivity contribution in [1.82, 2.24) is 4.90 Å². The van der Waals surface area contributed by atoms with Gasteiger partial charge in [0.05, 0.1) is 15.7 Å². The number of ether oxygens (including phenoxy) is 1. The predicted molar refractivity (Wildman–Crippen MR) is 99.4 cm³/mol. The standard InChI is InChI=1S/C19H16F9NO6S/c20-17(21,22)8-35-9-1-2-13(11(5-9)18(23,24)25)36(33,34)10-6-12(14(30)31)29(7-10)15(32)16(3-4-16)19(26,27)28/h1-2,5,10,12H,3-4,6-8H2,(H,30,31)/t10-,12+/m1/s1. The highest BCUT2D eigenvalue weighted by atomic mass is 32.2. The van der Waals surface area contributed by atoms with Crippen LogP contribution < -0.4 is 4.74 Å². The number of hydrogen-bond acceptors (Lipinski definition) is 5. The number of carbonyl (C=O) groups is 2. The smallest absolute Gasteiger partial charge is 0.422 e. The number of nitrogens with zero attached hydrogens (tertiary/aromatic N) is 1. The van der Waals surface area contributed by atoms with Gasteiger partial charge in [-0.15, -0.1) is 0 Å². The van der Waals surface area contributed by atoms with Crippen molar-refractivity contribution in [2.24, 2.45) is 5.41 Å². The number of carboxylic acids is 1. The molecule has 3 rings (SSSR count). The lowest BCUT2D eigenvalue weighted by molar-refractivity contribution is -0.199. The van der Waals surface area contributed by atoms with Gasteiger partial charge in [-0.2, -0.15) is 39.5 Å². The van der Waals surface area contributed by atoms with Gasteiger partial charge in [-0.1, -0.05) is 0 Å². The Bertz CT molecular complexity index is 1160. The quantitative estimate of drug-likeness (QED) is 0.534. The highest BCUT2D eigenvalue weighted by molar-refractivity contribution is 7.92. The van der Waals surface area contributed by atoms with E-state index in [2.05, 4.69) is 4.74 Å². The first-order chi connectivity index (χ1) is 16.2.